The molecule has 0 amide bonds. The zero-order valence-corrected chi connectivity index (χ0v) is 12.6. The molecule has 0 N–H and O–H groups in total. The van der Waals surface area contributed by atoms with Crippen molar-refractivity contribution in [1.82, 2.24) is 0 Å². The van der Waals surface area contributed by atoms with Crippen molar-refractivity contribution < 1.29 is 13.2 Å². The predicted octanol–water partition coefficient (Wildman–Crippen LogP) is 6.19. The van der Waals surface area contributed by atoms with Crippen molar-refractivity contribution in [2.75, 3.05) is 0 Å². The number of alkyl halides is 3. The van der Waals surface area contributed by atoms with E-state index in [1.807, 2.05) is 0 Å². The maximum Gasteiger partial charge on any atom is 0.442 e. The Morgan fingerprint density at radius 3 is 2.10 bits per heavy atom. The first-order valence-electron chi connectivity index (χ1n) is 5.90. The Hall–Kier alpha value is -1.20. The molecule has 0 spiro atoms. The number of hydrogen-bond acceptors (Lipinski definition) is 0. The van der Waals surface area contributed by atoms with Crippen molar-refractivity contribution in [2.45, 2.75) is 10.4 Å². The molecule has 1 unspecified atom stereocenters. The molecule has 3 rings (SSSR count). The smallest absolute Gasteiger partial charge is 0.160 e. The Bertz CT molecular complexity index is 679. The Labute approximate surface area is 123 Å². The highest BCUT2D eigenvalue weighted by Gasteiger charge is 2.55. The zero-order valence-electron chi connectivity index (χ0n) is 10.2. The molecule has 0 saturated heterocycles. The summed E-state index contributed by atoms with van der Waals surface area (Å²) >= 11 is 3.06. The van der Waals surface area contributed by atoms with Crippen molar-refractivity contribution in [3.63, 3.8) is 0 Å². The summed E-state index contributed by atoms with van der Waals surface area (Å²) < 4.78 is 41.1. The molecule has 0 fully saturated rings. The van der Waals surface area contributed by atoms with E-state index >= 15 is 0 Å². The summed E-state index contributed by atoms with van der Waals surface area (Å²) in [6.45, 7) is 0. The van der Waals surface area contributed by atoms with E-state index in [2.05, 4.69) is 14.8 Å². The van der Waals surface area contributed by atoms with Gasteiger partial charge in [0.05, 0.1) is 0 Å². The molecule has 1 aliphatic heterocycles. The number of hydrogen-bond donors (Lipinski definition) is 0. The molecule has 5 heteroatoms. The molecule has 104 valence electrons. The zero-order chi connectivity index (χ0) is 14.4. The maximum atomic E-state index is 13.7. The molecule has 0 radical (unpaired) electrons. The van der Waals surface area contributed by atoms with Gasteiger partial charge >= 0.3 is 5.51 Å². The lowest BCUT2D eigenvalue weighted by Crippen LogP contribution is -2.15. The van der Waals surface area contributed by atoms with Crippen LogP contribution in [0.15, 0.2) is 59.5 Å². The molecule has 0 saturated carbocycles. The first-order valence-corrected chi connectivity index (χ1v) is 9.37. The minimum absolute atomic E-state index is 0.312. The van der Waals surface area contributed by atoms with Gasteiger partial charge in [-0.3, -0.25) is 0 Å². The topological polar surface area (TPSA) is 0 Å². The molecular formula is C15H10BrF3S. The largest absolute Gasteiger partial charge is 0.442 e. The minimum Gasteiger partial charge on any atom is -0.160 e. The van der Waals surface area contributed by atoms with Gasteiger partial charge in [0.2, 0.25) is 0 Å². The standard InChI is InChI=1S/C15H10BrF3S/c16-20(15(17,18)19)13-9-5-4-8-12(13)10-14(20)11-6-2-1-3-7-11/h1-10H. The summed E-state index contributed by atoms with van der Waals surface area (Å²) in [4.78, 5) is 0.637. The molecule has 1 atom stereocenters. The summed E-state index contributed by atoms with van der Waals surface area (Å²) in [5.74, 6) is 0. The van der Waals surface area contributed by atoms with Gasteiger partial charge < -0.3 is 0 Å². The van der Waals surface area contributed by atoms with Gasteiger partial charge in [-0.15, -0.1) is 0 Å². The second-order valence-electron chi connectivity index (χ2n) is 4.40. The first kappa shape index (κ1) is 13.8. The highest BCUT2D eigenvalue weighted by atomic mass is 79.9. The lowest BCUT2D eigenvalue weighted by Gasteiger charge is -2.35. The molecular weight excluding hydrogens is 349 g/mol. The van der Waals surface area contributed by atoms with Gasteiger partial charge in [-0.2, -0.15) is 13.2 Å². The van der Waals surface area contributed by atoms with E-state index in [1.54, 1.807) is 60.7 Å². The number of halogens is 4. The fourth-order valence-electron chi connectivity index (χ4n) is 2.29. The molecule has 0 bridgehead atoms. The number of rotatable bonds is 1. The van der Waals surface area contributed by atoms with E-state index in [9.17, 15) is 13.2 Å². The SMILES string of the molecule is FC(F)(F)S1(Br)C(c2ccccc2)=Cc2ccccc21. The maximum absolute atomic E-state index is 13.7. The second-order valence-corrected chi connectivity index (χ2v) is 9.73. The van der Waals surface area contributed by atoms with Crippen molar-refractivity contribution in [3.8, 4) is 0 Å². The quantitative estimate of drug-likeness (QED) is 0.569. The van der Waals surface area contributed by atoms with Crippen molar-refractivity contribution in [3.05, 3.63) is 65.7 Å². The average molecular weight is 359 g/mol. The van der Waals surface area contributed by atoms with Gasteiger partial charge in [-0.05, 0) is 46.5 Å². The van der Waals surface area contributed by atoms with Crippen LogP contribution in [0.3, 0.4) is 0 Å². The number of fused-ring (bicyclic) bond motifs is 1. The monoisotopic (exact) mass is 358 g/mol. The Balaban J connectivity index is 2.26. The van der Waals surface area contributed by atoms with Crippen LogP contribution in [0, 0.1) is 0 Å². The van der Waals surface area contributed by atoms with Gasteiger partial charge in [0.25, 0.3) is 0 Å². The molecule has 1 heterocycles. The average Bonchev–Trinajstić information content (AvgIpc) is 2.75. The summed E-state index contributed by atoms with van der Waals surface area (Å²) in [7, 11) is -3.20. The van der Waals surface area contributed by atoms with E-state index in [0.29, 0.717) is 20.9 Å². The van der Waals surface area contributed by atoms with Gasteiger partial charge in [0, 0.05) is 9.80 Å². The summed E-state index contributed by atoms with van der Waals surface area (Å²) in [5.41, 5.74) is -3.09. The van der Waals surface area contributed by atoms with E-state index in [-0.39, 0.29) is 0 Å². The fraction of sp³-hybridized carbons (Fsp3) is 0.0667. The van der Waals surface area contributed by atoms with Crippen LogP contribution in [0.5, 0.6) is 0 Å². The van der Waals surface area contributed by atoms with E-state index in [0.717, 1.165) is 0 Å². The van der Waals surface area contributed by atoms with Crippen molar-refractivity contribution in [1.29, 1.82) is 0 Å². The third-order valence-corrected chi connectivity index (χ3v) is 8.96. The third kappa shape index (κ3) is 1.91. The molecule has 0 aromatic heterocycles. The van der Waals surface area contributed by atoms with Crippen LogP contribution in [0.25, 0.3) is 11.0 Å². The molecule has 0 aliphatic carbocycles. The first-order chi connectivity index (χ1) is 9.44. The molecule has 20 heavy (non-hydrogen) atoms. The lowest BCUT2D eigenvalue weighted by atomic mass is 10.1. The highest BCUT2D eigenvalue weighted by Crippen LogP contribution is 2.83. The van der Waals surface area contributed by atoms with Crippen LogP contribution in [-0.4, -0.2) is 5.51 Å². The summed E-state index contributed by atoms with van der Waals surface area (Å²) in [6, 6.07) is 15.4. The molecule has 0 nitrogen and oxygen atoms in total. The normalized spacial score (nSPS) is 24.7. The van der Waals surface area contributed by atoms with Crippen LogP contribution in [0.4, 0.5) is 13.2 Å². The van der Waals surface area contributed by atoms with Gasteiger partial charge in [0.15, 0.2) is 0 Å². The van der Waals surface area contributed by atoms with Gasteiger partial charge in [-0.25, -0.2) is 0 Å². The van der Waals surface area contributed by atoms with E-state index in [4.69, 9.17) is 0 Å². The Morgan fingerprint density at radius 2 is 1.45 bits per heavy atom. The van der Waals surface area contributed by atoms with E-state index < -0.39 is 14.0 Å². The van der Waals surface area contributed by atoms with Crippen LogP contribution in [-0.2, 0) is 0 Å². The number of benzene rings is 2. The van der Waals surface area contributed by atoms with Crippen molar-refractivity contribution >= 4 is 34.3 Å². The second kappa shape index (κ2) is 4.67. The predicted molar refractivity (Wildman–Crippen MR) is 81.6 cm³/mol. The van der Waals surface area contributed by atoms with E-state index in [1.165, 1.54) is 0 Å². The third-order valence-electron chi connectivity index (χ3n) is 3.19. The molecule has 2 aromatic rings. The van der Waals surface area contributed by atoms with Crippen LogP contribution in [0.1, 0.15) is 11.1 Å². The van der Waals surface area contributed by atoms with Gasteiger partial charge in [0.1, 0.15) is 0 Å². The minimum atomic E-state index is -4.33. The fourth-order valence-corrected chi connectivity index (χ4v) is 6.22. The van der Waals surface area contributed by atoms with Crippen molar-refractivity contribution in [2.24, 2.45) is 0 Å². The van der Waals surface area contributed by atoms with Crippen LogP contribution < -0.4 is 0 Å². The molecule has 1 aliphatic rings. The van der Waals surface area contributed by atoms with Gasteiger partial charge in [-0.1, -0.05) is 48.5 Å². The Kier molecular flexibility index (Phi) is 3.21. The van der Waals surface area contributed by atoms with Crippen LogP contribution >= 0.6 is 23.3 Å². The highest BCUT2D eigenvalue weighted by molar-refractivity contribution is 9.59. The summed E-state index contributed by atoms with van der Waals surface area (Å²) in [6.07, 6.45) is 1.64. The Morgan fingerprint density at radius 1 is 0.850 bits per heavy atom. The summed E-state index contributed by atoms with van der Waals surface area (Å²) in [5, 5.41) is 0. The lowest BCUT2D eigenvalue weighted by molar-refractivity contribution is -0.0350. The van der Waals surface area contributed by atoms with Crippen LogP contribution in [0.2, 0.25) is 0 Å². The molecule has 2 aromatic carbocycles.